The molecule has 0 aliphatic carbocycles. The molecule has 15 heavy (non-hydrogen) atoms. The van der Waals surface area contributed by atoms with Gasteiger partial charge in [0.25, 0.3) is 0 Å². The second kappa shape index (κ2) is 5.36. The predicted octanol–water partition coefficient (Wildman–Crippen LogP) is 3.61. The lowest BCUT2D eigenvalue weighted by molar-refractivity contribution is 0.915. The number of allylic oxidation sites excluding steroid dienone is 1. The van der Waals surface area contributed by atoms with Crippen molar-refractivity contribution in [2.24, 2.45) is 0 Å². The molecule has 1 atom stereocenters. The monoisotopic (exact) mass is 198 g/mol. The van der Waals surface area contributed by atoms with Crippen molar-refractivity contribution < 1.29 is 0 Å². The molecule has 0 aliphatic rings. The Labute approximate surface area is 92.1 Å². The Hall–Kier alpha value is -1.55. The molecule has 1 radical (unpaired) electrons. The van der Waals surface area contributed by atoms with Crippen molar-refractivity contribution >= 4 is 0 Å². The molecule has 0 saturated heterocycles. The first-order valence-corrected chi connectivity index (χ1v) is 5.21. The highest BCUT2D eigenvalue weighted by atomic mass is 14.2. The van der Waals surface area contributed by atoms with Crippen LogP contribution in [0.15, 0.2) is 30.9 Å². The molecular formula is C14H16N. The number of hydrogen-bond donors (Lipinski definition) is 0. The summed E-state index contributed by atoms with van der Waals surface area (Å²) in [6.45, 7) is 9.77. The lowest BCUT2D eigenvalue weighted by Gasteiger charge is -2.09. The van der Waals surface area contributed by atoms with Crippen molar-refractivity contribution in [3.05, 3.63) is 54.5 Å². The van der Waals surface area contributed by atoms with E-state index in [-0.39, 0.29) is 5.92 Å². The second-order valence-corrected chi connectivity index (χ2v) is 3.62. The van der Waals surface area contributed by atoms with Gasteiger partial charge in [0.15, 0.2) is 0 Å². The molecule has 1 unspecified atom stereocenters. The van der Waals surface area contributed by atoms with Gasteiger partial charge in [0.05, 0.1) is 11.6 Å². The molecule has 0 saturated carbocycles. The van der Waals surface area contributed by atoms with Gasteiger partial charge >= 0.3 is 0 Å². The molecule has 0 bridgehead atoms. The van der Waals surface area contributed by atoms with Crippen LogP contribution in [0.25, 0.3) is 0 Å². The Morgan fingerprint density at radius 1 is 1.53 bits per heavy atom. The zero-order chi connectivity index (χ0) is 11.3. The van der Waals surface area contributed by atoms with Crippen LogP contribution in [0, 0.1) is 18.3 Å². The largest absolute Gasteiger partial charge is 0.192 e. The maximum Gasteiger partial charge on any atom is 0.0994 e. The third-order valence-electron chi connectivity index (χ3n) is 2.49. The van der Waals surface area contributed by atoms with Gasteiger partial charge in [-0.3, -0.25) is 0 Å². The number of rotatable bonds is 4. The van der Waals surface area contributed by atoms with Crippen molar-refractivity contribution in [3.8, 4) is 6.07 Å². The van der Waals surface area contributed by atoms with Crippen molar-refractivity contribution in [2.75, 3.05) is 0 Å². The van der Waals surface area contributed by atoms with Crippen LogP contribution >= 0.6 is 0 Å². The molecule has 1 heteroatoms. The number of aryl methyl sites for hydroxylation is 1. The van der Waals surface area contributed by atoms with E-state index in [9.17, 15) is 0 Å². The average molecular weight is 198 g/mol. The van der Waals surface area contributed by atoms with E-state index >= 15 is 0 Å². The highest BCUT2D eigenvalue weighted by Gasteiger charge is 2.06. The van der Waals surface area contributed by atoms with Gasteiger partial charge in [0, 0.05) is 5.92 Å². The fraction of sp³-hybridized carbons (Fsp3) is 0.286. The summed E-state index contributed by atoms with van der Waals surface area (Å²) < 4.78 is 0. The van der Waals surface area contributed by atoms with Crippen LogP contribution < -0.4 is 0 Å². The molecule has 0 N–H and O–H groups in total. The number of benzene rings is 1. The average Bonchev–Trinajstić information content (AvgIpc) is 2.29. The van der Waals surface area contributed by atoms with Crippen LogP contribution in [0.4, 0.5) is 0 Å². The van der Waals surface area contributed by atoms with Gasteiger partial charge in [0.1, 0.15) is 0 Å². The molecular weight excluding hydrogens is 182 g/mol. The summed E-state index contributed by atoms with van der Waals surface area (Å²) >= 11 is 0. The van der Waals surface area contributed by atoms with Crippen LogP contribution in [-0.2, 0) is 6.42 Å². The van der Waals surface area contributed by atoms with E-state index in [0.29, 0.717) is 0 Å². The maximum atomic E-state index is 9.03. The smallest absolute Gasteiger partial charge is 0.0994 e. The van der Waals surface area contributed by atoms with Crippen LogP contribution in [-0.4, -0.2) is 0 Å². The topological polar surface area (TPSA) is 23.8 Å². The first-order valence-electron chi connectivity index (χ1n) is 5.21. The summed E-state index contributed by atoms with van der Waals surface area (Å²) in [5, 5.41) is 9.03. The van der Waals surface area contributed by atoms with E-state index in [4.69, 9.17) is 5.26 Å². The van der Waals surface area contributed by atoms with Crippen LogP contribution in [0.1, 0.15) is 36.0 Å². The molecule has 0 aliphatic heterocycles. The molecule has 1 aromatic rings. The summed E-state index contributed by atoms with van der Waals surface area (Å²) in [6, 6.07) is 8.22. The van der Waals surface area contributed by atoms with Crippen LogP contribution in [0.2, 0.25) is 0 Å². The minimum Gasteiger partial charge on any atom is -0.192 e. The summed E-state index contributed by atoms with van der Waals surface area (Å²) in [6.07, 6.45) is 3.80. The number of nitrogens with zero attached hydrogens (tertiary/aromatic N) is 1. The maximum absolute atomic E-state index is 9.03. The molecule has 0 fully saturated rings. The van der Waals surface area contributed by atoms with E-state index in [0.717, 1.165) is 29.5 Å². The Balaban J connectivity index is 3.08. The second-order valence-electron chi connectivity index (χ2n) is 3.62. The Kier molecular flexibility index (Phi) is 4.12. The normalized spacial score (nSPS) is 11.8. The minimum absolute atomic E-state index is 0.0628. The van der Waals surface area contributed by atoms with Crippen molar-refractivity contribution in [1.29, 1.82) is 5.26 Å². The first kappa shape index (κ1) is 11.5. The number of hydrogen-bond acceptors (Lipinski definition) is 1. The van der Waals surface area contributed by atoms with E-state index < -0.39 is 0 Å². The summed E-state index contributed by atoms with van der Waals surface area (Å²) in [5.74, 6) is 0.0628. The minimum atomic E-state index is 0.0628. The van der Waals surface area contributed by atoms with Gasteiger partial charge in [0.2, 0.25) is 0 Å². The Morgan fingerprint density at radius 3 is 2.80 bits per heavy atom. The predicted molar refractivity (Wildman–Crippen MR) is 63.4 cm³/mol. The summed E-state index contributed by atoms with van der Waals surface area (Å²) in [5.41, 5.74) is 2.95. The Morgan fingerprint density at radius 2 is 2.27 bits per heavy atom. The van der Waals surface area contributed by atoms with Gasteiger partial charge in [-0.05, 0) is 30.5 Å². The Bertz CT molecular complexity index is 385. The molecule has 0 amide bonds. The van der Waals surface area contributed by atoms with E-state index in [2.05, 4.69) is 26.5 Å². The van der Waals surface area contributed by atoms with Crippen molar-refractivity contribution in [1.82, 2.24) is 0 Å². The van der Waals surface area contributed by atoms with Gasteiger partial charge < -0.3 is 0 Å². The standard InChI is InChI=1S/C14H16N/c1-4-6-12-7-8-13(11(3)5-2)9-14(12)10-15/h5,7-9,11H,2-4,6H2,1H3. The van der Waals surface area contributed by atoms with E-state index in [1.807, 2.05) is 18.2 Å². The van der Waals surface area contributed by atoms with Gasteiger partial charge in [-0.25, -0.2) is 0 Å². The van der Waals surface area contributed by atoms with Crippen LogP contribution in [0.3, 0.4) is 0 Å². The molecule has 0 spiro atoms. The van der Waals surface area contributed by atoms with Gasteiger partial charge in [-0.1, -0.05) is 31.6 Å². The van der Waals surface area contributed by atoms with Gasteiger partial charge in [-0.2, -0.15) is 5.26 Å². The zero-order valence-corrected chi connectivity index (χ0v) is 9.16. The lowest BCUT2D eigenvalue weighted by Crippen LogP contribution is -1.95. The zero-order valence-electron chi connectivity index (χ0n) is 9.16. The van der Waals surface area contributed by atoms with E-state index in [1.54, 1.807) is 6.08 Å². The van der Waals surface area contributed by atoms with Crippen molar-refractivity contribution in [3.63, 3.8) is 0 Å². The quantitative estimate of drug-likeness (QED) is 0.678. The molecule has 0 aromatic heterocycles. The molecule has 77 valence electrons. The highest BCUT2D eigenvalue weighted by Crippen LogP contribution is 2.20. The molecule has 0 heterocycles. The number of nitriles is 1. The fourth-order valence-corrected chi connectivity index (χ4v) is 1.55. The van der Waals surface area contributed by atoms with Crippen molar-refractivity contribution in [2.45, 2.75) is 25.7 Å². The fourth-order valence-electron chi connectivity index (χ4n) is 1.55. The molecule has 1 aromatic carbocycles. The summed E-state index contributed by atoms with van der Waals surface area (Å²) in [4.78, 5) is 0. The molecule has 1 nitrogen and oxygen atoms in total. The highest BCUT2D eigenvalue weighted by molar-refractivity contribution is 5.42. The van der Waals surface area contributed by atoms with E-state index in [1.165, 1.54) is 0 Å². The first-order chi connectivity index (χ1) is 7.22. The third-order valence-corrected chi connectivity index (χ3v) is 2.49. The van der Waals surface area contributed by atoms with Gasteiger partial charge in [-0.15, -0.1) is 6.58 Å². The van der Waals surface area contributed by atoms with Crippen LogP contribution in [0.5, 0.6) is 0 Å². The molecule has 1 rings (SSSR count). The summed E-state index contributed by atoms with van der Waals surface area (Å²) in [7, 11) is 0. The SMILES string of the molecule is [CH2]C(C=C)c1ccc(CCC)c(C#N)c1. The lowest BCUT2D eigenvalue weighted by atomic mass is 9.95. The third kappa shape index (κ3) is 2.70.